The van der Waals surface area contributed by atoms with Gasteiger partial charge in [0.25, 0.3) is 0 Å². The molecule has 0 aliphatic carbocycles. The Bertz CT molecular complexity index is 1620. The van der Waals surface area contributed by atoms with E-state index in [1.54, 1.807) is 55.9 Å². The number of sulfonamides is 1. The number of amides is 1. The van der Waals surface area contributed by atoms with Crippen molar-refractivity contribution in [2.45, 2.75) is 44.3 Å². The van der Waals surface area contributed by atoms with Crippen molar-refractivity contribution in [3.05, 3.63) is 88.5 Å². The summed E-state index contributed by atoms with van der Waals surface area (Å²) in [5, 5.41) is 13.3. The van der Waals surface area contributed by atoms with Crippen LogP contribution in [0.5, 0.6) is 0 Å². The van der Waals surface area contributed by atoms with Crippen LogP contribution in [0, 0.1) is 25.2 Å². The zero-order valence-electron chi connectivity index (χ0n) is 21.6. The average molecular weight is 567 g/mol. The molecule has 10 nitrogen and oxygen atoms in total. The Kier molecular flexibility index (Phi) is 8.50. The van der Waals surface area contributed by atoms with E-state index in [-0.39, 0.29) is 29.4 Å². The molecule has 202 valence electrons. The summed E-state index contributed by atoms with van der Waals surface area (Å²) in [7, 11) is -2.55. The van der Waals surface area contributed by atoms with Crippen LogP contribution in [0.25, 0.3) is 11.4 Å². The largest absolute Gasteiger partial charge is 0.340 e. The molecule has 1 unspecified atom stereocenters. The summed E-state index contributed by atoms with van der Waals surface area (Å²) in [5.74, 6) is 0.438. The Morgan fingerprint density at radius 1 is 1.21 bits per heavy atom. The fourth-order valence-corrected chi connectivity index (χ4v) is 6.31. The van der Waals surface area contributed by atoms with Gasteiger partial charge in [0.2, 0.25) is 27.6 Å². The minimum atomic E-state index is -4.15. The minimum absolute atomic E-state index is 0.0627. The SMILES string of the molecule is Cc1nc(-c2cccc(CN(C)C(=O)C(CCn3cccc3C#N)NS(=O)(=O)c3c(C)cccc3Cl)c2)no1. The summed E-state index contributed by atoms with van der Waals surface area (Å²) in [6, 6.07) is 16.5. The molecule has 0 radical (unpaired) electrons. The first-order valence-electron chi connectivity index (χ1n) is 12.1. The van der Waals surface area contributed by atoms with Crippen molar-refractivity contribution in [3.63, 3.8) is 0 Å². The van der Waals surface area contributed by atoms with Crippen molar-refractivity contribution >= 4 is 27.5 Å². The van der Waals surface area contributed by atoms with Gasteiger partial charge in [-0.25, -0.2) is 8.42 Å². The van der Waals surface area contributed by atoms with Crippen molar-refractivity contribution in [2.24, 2.45) is 0 Å². The number of hydrogen-bond acceptors (Lipinski definition) is 7. The van der Waals surface area contributed by atoms with Crippen molar-refractivity contribution in [1.29, 1.82) is 5.26 Å². The number of nitriles is 1. The third-order valence-corrected chi connectivity index (χ3v) is 8.24. The lowest BCUT2D eigenvalue weighted by Gasteiger charge is -2.25. The molecule has 1 N–H and O–H groups in total. The zero-order chi connectivity index (χ0) is 28.2. The first-order chi connectivity index (χ1) is 18.6. The second-order valence-electron chi connectivity index (χ2n) is 9.08. The second kappa shape index (κ2) is 11.8. The molecule has 12 heteroatoms. The highest BCUT2D eigenvalue weighted by Gasteiger charge is 2.30. The van der Waals surface area contributed by atoms with E-state index in [0.29, 0.717) is 23.0 Å². The topological polar surface area (TPSA) is 134 Å². The summed E-state index contributed by atoms with van der Waals surface area (Å²) in [6.07, 6.45) is 1.82. The van der Waals surface area contributed by atoms with Crippen LogP contribution in [-0.4, -0.2) is 47.0 Å². The van der Waals surface area contributed by atoms with E-state index < -0.39 is 22.0 Å². The van der Waals surface area contributed by atoms with Gasteiger partial charge >= 0.3 is 0 Å². The molecular weight excluding hydrogens is 540 g/mol. The van der Waals surface area contributed by atoms with Crippen molar-refractivity contribution in [2.75, 3.05) is 7.05 Å². The first-order valence-corrected chi connectivity index (χ1v) is 13.9. The smallest absolute Gasteiger partial charge is 0.243 e. The molecular formula is C27H27ClN6O4S. The van der Waals surface area contributed by atoms with Crippen LogP contribution >= 0.6 is 11.6 Å². The van der Waals surface area contributed by atoms with Gasteiger partial charge in [-0.15, -0.1) is 0 Å². The predicted octanol–water partition coefficient (Wildman–Crippen LogP) is 4.08. The highest BCUT2D eigenvalue weighted by molar-refractivity contribution is 7.89. The van der Waals surface area contributed by atoms with Crippen molar-refractivity contribution < 1.29 is 17.7 Å². The van der Waals surface area contributed by atoms with Gasteiger partial charge in [0.15, 0.2) is 0 Å². The lowest BCUT2D eigenvalue weighted by Crippen LogP contribution is -2.47. The fourth-order valence-electron chi connectivity index (χ4n) is 4.26. The van der Waals surface area contributed by atoms with Gasteiger partial charge in [0.1, 0.15) is 22.7 Å². The quantitative estimate of drug-likeness (QED) is 0.306. The Hall–Kier alpha value is -3.98. The minimum Gasteiger partial charge on any atom is -0.340 e. The van der Waals surface area contributed by atoms with E-state index in [9.17, 15) is 18.5 Å². The number of nitrogens with one attached hydrogen (secondary N) is 1. The average Bonchev–Trinajstić information content (AvgIpc) is 3.54. The third-order valence-electron chi connectivity index (χ3n) is 6.14. The van der Waals surface area contributed by atoms with Crippen molar-refractivity contribution in [3.8, 4) is 17.5 Å². The maximum atomic E-state index is 13.7. The maximum Gasteiger partial charge on any atom is 0.243 e. The first kappa shape index (κ1) is 28.0. The molecule has 4 rings (SSSR count). The molecule has 2 aromatic carbocycles. The molecule has 2 heterocycles. The second-order valence-corrected chi connectivity index (χ2v) is 11.1. The lowest BCUT2D eigenvalue weighted by atomic mass is 10.1. The molecule has 0 aliphatic heterocycles. The molecule has 4 aromatic rings. The predicted molar refractivity (Wildman–Crippen MR) is 145 cm³/mol. The van der Waals surface area contributed by atoms with Gasteiger partial charge in [-0.05, 0) is 48.7 Å². The standard InChI is InChI=1S/C27H27ClN6O4S/c1-18-7-4-11-23(28)25(18)39(36,37)32-24(12-14-34-13-6-10-22(34)16-29)27(35)33(3)17-20-8-5-9-21(15-20)26-30-19(2)38-31-26/h4-11,13,15,24,32H,12,14,17H2,1-3H3. The summed E-state index contributed by atoms with van der Waals surface area (Å²) in [5.41, 5.74) is 2.40. The monoisotopic (exact) mass is 566 g/mol. The van der Waals surface area contributed by atoms with E-state index >= 15 is 0 Å². The Balaban J connectivity index is 1.58. The number of halogens is 1. The van der Waals surface area contributed by atoms with Gasteiger partial charge in [-0.1, -0.05) is 47.1 Å². The van der Waals surface area contributed by atoms with Crippen LogP contribution in [0.1, 0.15) is 29.1 Å². The number of benzene rings is 2. The maximum absolute atomic E-state index is 13.7. The molecule has 0 aliphatic rings. The molecule has 39 heavy (non-hydrogen) atoms. The van der Waals surface area contributed by atoms with Crippen LogP contribution in [0.3, 0.4) is 0 Å². The van der Waals surface area contributed by atoms with Crippen LogP contribution in [0.4, 0.5) is 0 Å². The van der Waals surface area contributed by atoms with E-state index in [1.165, 1.54) is 11.0 Å². The van der Waals surface area contributed by atoms with Crippen LogP contribution in [0.2, 0.25) is 5.02 Å². The number of carbonyl (C=O) groups excluding carboxylic acids is 1. The van der Waals surface area contributed by atoms with Gasteiger partial charge < -0.3 is 14.0 Å². The van der Waals surface area contributed by atoms with Crippen LogP contribution in [-0.2, 0) is 27.9 Å². The van der Waals surface area contributed by atoms with Gasteiger partial charge in [0.05, 0.1) is 5.02 Å². The van der Waals surface area contributed by atoms with Gasteiger partial charge in [-0.3, -0.25) is 4.79 Å². The summed E-state index contributed by atoms with van der Waals surface area (Å²) in [4.78, 5) is 19.3. The number of carbonyl (C=O) groups is 1. The lowest BCUT2D eigenvalue weighted by molar-refractivity contribution is -0.132. The number of aryl methyl sites for hydroxylation is 3. The van der Waals surface area contributed by atoms with E-state index in [0.717, 1.165) is 11.1 Å². The zero-order valence-corrected chi connectivity index (χ0v) is 23.2. The Morgan fingerprint density at radius 3 is 2.67 bits per heavy atom. The number of aromatic nitrogens is 3. The van der Waals surface area contributed by atoms with E-state index in [2.05, 4.69) is 20.9 Å². The summed E-state index contributed by atoms with van der Waals surface area (Å²) >= 11 is 6.24. The van der Waals surface area contributed by atoms with Crippen molar-refractivity contribution in [1.82, 2.24) is 24.3 Å². The molecule has 1 amide bonds. The highest BCUT2D eigenvalue weighted by Crippen LogP contribution is 2.25. The fraction of sp³-hybridized carbons (Fsp3) is 0.259. The molecule has 0 saturated heterocycles. The number of likely N-dealkylation sites (N-methyl/N-ethyl adjacent to an activating group) is 1. The number of nitrogens with zero attached hydrogens (tertiary/aromatic N) is 5. The number of rotatable bonds is 10. The molecule has 2 aromatic heterocycles. The Morgan fingerprint density at radius 2 is 1.97 bits per heavy atom. The van der Waals surface area contributed by atoms with Gasteiger partial charge in [0, 0.05) is 38.8 Å². The van der Waals surface area contributed by atoms with E-state index in [4.69, 9.17) is 16.1 Å². The number of hydrogen-bond donors (Lipinski definition) is 1. The molecule has 0 bridgehead atoms. The van der Waals surface area contributed by atoms with Crippen LogP contribution < -0.4 is 4.72 Å². The van der Waals surface area contributed by atoms with Crippen LogP contribution in [0.15, 0.2) is 70.2 Å². The Labute approximate surface area is 231 Å². The summed E-state index contributed by atoms with van der Waals surface area (Å²) in [6.45, 7) is 3.79. The molecule has 1 atom stereocenters. The van der Waals surface area contributed by atoms with Gasteiger partial charge in [-0.2, -0.15) is 15.0 Å². The molecule has 0 saturated carbocycles. The summed E-state index contributed by atoms with van der Waals surface area (Å²) < 4.78 is 36.1. The molecule has 0 spiro atoms. The normalized spacial score (nSPS) is 12.2. The third kappa shape index (κ3) is 6.54. The molecule has 0 fully saturated rings. The highest BCUT2D eigenvalue weighted by atomic mass is 35.5. The van der Waals surface area contributed by atoms with E-state index in [1.807, 2.05) is 24.3 Å².